The lowest BCUT2D eigenvalue weighted by Crippen LogP contribution is -2.06. The van der Waals surface area contributed by atoms with Gasteiger partial charge in [0.1, 0.15) is 6.04 Å². The minimum absolute atomic E-state index is 0.0732. The van der Waals surface area contributed by atoms with Crippen molar-refractivity contribution < 1.29 is 4.42 Å². The molecule has 0 saturated carbocycles. The van der Waals surface area contributed by atoms with Crippen molar-refractivity contribution in [2.75, 3.05) is 5.32 Å². The van der Waals surface area contributed by atoms with Crippen molar-refractivity contribution in [1.29, 1.82) is 0 Å². The third-order valence-corrected chi connectivity index (χ3v) is 3.68. The average molecular weight is 332 g/mol. The number of hydrogen-bond acceptors (Lipinski definition) is 5. The first-order valence-electron chi connectivity index (χ1n) is 7.49. The van der Waals surface area contributed by atoms with Crippen LogP contribution < -0.4 is 5.32 Å². The third-order valence-electron chi connectivity index (χ3n) is 3.43. The highest BCUT2D eigenvalue weighted by atomic mass is 35.5. The molecule has 0 saturated heterocycles. The van der Waals surface area contributed by atoms with E-state index in [4.69, 9.17) is 16.0 Å². The molecule has 0 aliphatic heterocycles. The van der Waals surface area contributed by atoms with E-state index in [1.54, 1.807) is 6.20 Å². The van der Waals surface area contributed by atoms with Crippen molar-refractivity contribution in [2.45, 2.75) is 32.9 Å². The molecule has 2 aromatic heterocycles. The van der Waals surface area contributed by atoms with Crippen molar-refractivity contribution in [3.8, 4) is 0 Å². The minimum Gasteiger partial charge on any atom is -0.423 e. The summed E-state index contributed by atoms with van der Waals surface area (Å²) in [5.74, 6) is 1.22. The smallest absolute Gasteiger partial charge is 0.238 e. The van der Waals surface area contributed by atoms with Gasteiger partial charge in [-0.3, -0.25) is 4.68 Å². The van der Waals surface area contributed by atoms with Crippen molar-refractivity contribution in [2.24, 2.45) is 0 Å². The van der Waals surface area contributed by atoms with Crippen LogP contribution in [0.15, 0.2) is 41.1 Å². The van der Waals surface area contributed by atoms with Crippen LogP contribution in [-0.2, 0) is 13.0 Å². The fraction of sp³-hybridized carbons (Fsp3) is 0.312. The molecule has 1 atom stereocenters. The summed E-state index contributed by atoms with van der Waals surface area (Å²) < 4.78 is 7.42. The summed E-state index contributed by atoms with van der Waals surface area (Å²) in [6, 6.07) is 7.66. The first kappa shape index (κ1) is 15.6. The lowest BCUT2D eigenvalue weighted by atomic mass is 10.2. The van der Waals surface area contributed by atoms with Crippen molar-refractivity contribution >= 4 is 17.3 Å². The maximum atomic E-state index is 5.89. The largest absolute Gasteiger partial charge is 0.423 e. The number of nitrogens with one attached hydrogen (secondary N) is 1. The molecule has 0 unspecified atom stereocenters. The van der Waals surface area contributed by atoms with E-state index < -0.39 is 0 Å². The molecule has 2 heterocycles. The molecule has 120 valence electrons. The number of hydrogen-bond donors (Lipinski definition) is 1. The van der Waals surface area contributed by atoms with Gasteiger partial charge in [-0.25, -0.2) is 0 Å². The van der Waals surface area contributed by atoms with Crippen LogP contribution >= 0.6 is 11.6 Å². The monoisotopic (exact) mass is 331 g/mol. The molecular weight excluding hydrogens is 314 g/mol. The second-order valence-electron chi connectivity index (χ2n) is 5.31. The van der Waals surface area contributed by atoms with E-state index in [9.17, 15) is 0 Å². The molecule has 7 heteroatoms. The van der Waals surface area contributed by atoms with Crippen LogP contribution in [0, 0.1) is 0 Å². The first-order chi connectivity index (χ1) is 11.1. The van der Waals surface area contributed by atoms with Gasteiger partial charge in [-0.2, -0.15) is 5.10 Å². The molecule has 3 rings (SSSR count). The van der Waals surface area contributed by atoms with Gasteiger partial charge < -0.3 is 9.73 Å². The summed E-state index contributed by atoms with van der Waals surface area (Å²) >= 11 is 5.89. The van der Waals surface area contributed by atoms with E-state index in [0.29, 0.717) is 18.3 Å². The lowest BCUT2D eigenvalue weighted by Gasteiger charge is -2.08. The number of benzene rings is 1. The second-order valence-corrected chi connectivity index (χ2v) is 5.74. The predicted molar refractivity (Wildman–Crippen MR) is 88.5 cm³/mol. The molecule has 0 radical (unpaired) electrons. The van der Waals surface area contributed by atoms with Crippen LogP contribution in [0.3, 0.4) is 0 Å². The van der Waals surface area contributed by atoms with Gasteiger partial charge in [-0.05, 0) is 24.6 Å². The summed E-state index contributed by atoms with van der Waals surface area (Å²) in [7, 11) is 0. The van der Waals surface area contributed by atoms with Gasteiger partial charge in [0.2, 0.25) is 11.8 Å². The average Bonchev–Trinajstić information content (AvgIpc) is 3.19. The molecule has 0 spiro atoms. The molecule has 0 bridgehead atoms. The van der Waals surface area contributed by atoms with Gasteiger partial charge in [-0.15, -0.1) is 10.2 Å². The van der Waals surface area contributed by atoms with E-state index in [0.717, 1.165) is 22.7 Å². The zero-order chi connectivity index (χ0) is 16.2. The number of halogens is 1. The second kappa shape index (κ2) is 6.83. The van der Waals surface area contributed by atoms with Gasteiger partial charge in [0, 0.05) is 17.6 Å². The number of aromatic nitrogens is 4. The summed E-state index contributed by atoms with van der Waals surface area (Å²) in [6.07, 6.45) is 4.46. The molecule has 23 heavy (non-hydrogen) atoms. The zero-order valence-corrected chi connectivity index (χ0v) is 13.8. The molecule has 0 aliphatic carbocycles. The summed E-state index contributed by atoms with van der Waals surface area (Å²) in [5, 5.41) is 16.4. The maximum absolute atomic E-state index is 5.89. The number of nitrogens with zero attached hydrogens (tertiary/aromatic N) is 4. The summed E-state index contributed by atoms with van der Waals surface area (Å²) in [5.41, 5.74) is 2.05. The van der Waals surface area contributed by atoms with E-state index >= 15 is 0 Å². The van der Waals surface area contributed by atoms with Crippen LogP contribution in [-0.4, -0.2) is 20.0 Å². The fourth-order valence-electron chi connectivity index (χ4n) is 2.20. The molecule has 1 N–H and O–H groups in total. The van der Waals surface area contributed by atoms with E-state index in [1.165, 1.54) is 0 Å². The highest BCUT2D eigenvalue weighted by Gasteiger charge is 2.13. The molecule has 0 aliphatic rings. The fourth-order valence-corrected chi connectivity index (χ4v) is 2.32. The van der Waals surface area contributed by atoms with Gasteiger partial charge in [0.15, 0.2) is 0 Å². The molecule has 0 fully saturated rings. The van der Waals surface area contributed by atoms with Gasteiger partial charge >= 0.3 is 0 Å². The molecular formula is C16H18ClN5O. The number of aryl methyl sites for hydroxylation is 1. The van der Waals surface area contributed by atoms with Crippen molar-refractivity contribution in [3.63, 3.8) is 0 Å². The van der Waals surface area contributed by atoms with Crippen LogP contribution in [0.25, 0.3) is 0 Å². The normalized spacial score (nSPS) is 12.3. The van der Waals surface area contributed by atoms with Crippen LogP contribution in [0.1, 0.15) is 37.2 Å². The van der Waals surface area contributed by atoms with E-state index in [-0.39, 0.29) is 6.04 Å². The van der Waals surface area contributed by atoms with Crippen molar-refractivity contribution in [3.05, 3.63) is 59.0 Å². The van der Waals surface area contributed by atoms with Gasteiger partial charge in [0.05, 0.1) is 18.4 Å². The van der Waals surface area contributed by atoms with E-state index in [2.05, 4.69) is 20.6 Å². The van der Waals surface area contributed by atoms with Crippen LogP contribution in [0.5, 0.6) is 0 Å². The Morgan fingerprint density at radius 3 is 2.74 bits per heavy atom. The summed E-state index contributed by atoms with van der Waals surface area (Å²) in [6.45, 7) is 4.65. The zero-order valence-electron chi connectivity index (χ0n) is 13.0. The van der Waals surface area contributed by atoms with E-state index in [1.807, 2.05) is 49.0 Å². The highest BCUT2D eigenvalue weighted by molar-refractivity contribution is 6.30. The topological polar surface area (TPSA) is 68.8 Å². The Morgan fingerprint density at radius 2 is 2.04 bits per heavy atom. The van der Waals surface area contributed by atoms with Crippen LogP contribution in [0.2, 0.25) is 5.02 Å². The highest BCUT2D eigenvalue weighted by Crippen LogP contribution is 2.18. The Balaban J connectivity index is 1.63. The first-order valence-corrected chi connectivity index (χ1v) is 7.87. The lowest BCUT2D eigenvalue weighted by molar-refractivity contribution is 0.439. The predicted octanol–water partition coefficient (Wildman–Crippen LogP) is 3.70. The number of anilines is 1. The molecule has 1 aromatic carbocycles. The molecule has 0 amide bonds. The Bertz CT molecular complexity index is 765. The Morgan fingerprint density at radius 1 is 1.26 bits per heavy atom. The quantitative estimate of drug-likeness (QED) is 0.745. The SMILES string of the molecule is CCc1nnc([C@@H](C)Nc2cnn(Cc3ccc(Cl)cc3)c2)o1. The number of rotatable bonds is 6. The minimum atomic E-state index is -0.0732. The van der Waals surface area contributed by atoms with Gasteiger partial charge in [0.25, 0.3) is 0 Å². The Labute approximate surface area is 139 Å². The van der Waals surface area contributed by atoms with Crippen LogP contribution in [0.4, 0.5) is 5.69 Å². The molecule has 3 aromatic rings. The Kier molecular flexibility index (Phi) is 4.62. The molecule has 6 nitrogen and oxygen atoms in total. The summed E-state index contributed by atoms with van der Waals surface area (Å²) in [4.78, 5) is 0. The third kappa shape index (κ3) is 3.90. The van der Waals surface area contributed by atoms with Gasteiger partial charge in [-0.1, -0.05) is 30.7 Å². The maximum Gasteiger partial charge on any atom is 0.238 e. The Hall–Kier alpha value is -2.34. The van der Waals surface area contributed by atoms with Crippen molar-refractivity contribution in [1.82, 2.24) is 20.0 Å². The standard InChI is InChI=1S/C16H18ClN5O/c1-3-15-20-21-16(23-15)11(2)19-14-8-18-22(10-14)9-12-4-6-13(17)7-5-12/h4-8,10-11,19H,3,9H2,1-2H3/t11-/m1/s1.